The Kier molecular flexibility index (Phi) is 50.5. The predicted octanol–water partition coefficient (Wildman–Crippen LogP) is -0.367. The monoisotopic (exact) mass is 111 g/mol. The minimum absolute atomic E-state index is 0. The Labute approximate surface area is 43.3 Å². The van der Waals surface area contributed by atoms with Gasteiger partial charge >= 0.3 is 0 Å². The van der Waals surface area contributed by atoms with E-state index >= 15 is 0 Å². The van der Waals surface area contributed by atoms with Crippen molar-refractivity contribution in [2.24, 2.45) is 0 Å². The summed E-state index contributed by atoms with van der Waals surface area (Å²) in [6.45, 7) is 3.59. The third kappa shape index (κ3) is 28.2. The van der Waals surface area contributed by atoms with Gasteiger partial charge in [0.05, 0.1) is 0 Å². The maximum atomic E-state index is 5.06. The molecule has 0 atom stereocenters. The summed E-state index contributed by atoms with van der Waals surface area (Å²) in [5, 5.41) is 0. The molecular formula is C2H9BClO2. The van der Waals surface area contributed by atoms with Gasteiger partial charge in [-0.2, -0.15) is 0 Å². The van der Waals surface area contributed by atoms with Crippen molar-refractivity contribution >= 4 is 18.2 Å². The van der Waals surface area contributed by atoms with Crippen LogP contribution in [-0.2, 0) is 0 Å². The number of hydrogen-bond donors (Lipinski definition) is 0. The Balaban J connectivity index is -0.0000000450. The summed E-state index contributed by atoms with van der Waals surface area (Å²) >= 11 is 5.06. The average Bonchev–Trinajstić information content (AvgIpc) is 1.37. The Bertz CT molecular complexity index is 13.5. The lowest BCUT2D eigenvalue weighted by Gasteiger charge is -1.60. The number of rotatable bonds is 1. The van der Waals surface area contributed by atoms with E-state index in [4.69, 9.17) is 11.5 Å². The third-order valence-electron chi connectivity index (χ3n) is 0.154. The maximum Gasteiger partial charge on any atom is 0.238 e. The molecule has 0 spiro atoms. The van der Waals surface area contributed by atoms with Crippen LogP contribution in [0, 0.1) is 0 Å². The molecule has 1 radical (unpaired) electrons. The van der Waals surface area contributed by atoms with Crippen LogP contribution in [0.5, 0.6) is 0 Å². The quantitative estimate of drug-likeness (QED) is 0.415. The van der Waals surface area contributed by atoms with E-state index in [-0.39, 0.29) is 11.0 Å². The van der Waals surface area contributed by atoms with E-state index in [1.54, 1.807) is 6.69 Å². The van der Waals surface area contributed by atoms with Gasteiger partial charge in [-0.15, -0.1) is 0 Å². The van der Waals surface area contributed by atoms with E-state index < -0.39 is 0 Å². The lowest BCUT2D eigenvalue weighted by atomic mass is 10.1. The summed E-state index contributed by atoms with van der Waals surface area (Å²) in [7, 11) is 0. The second kappa shape index (κ2) is 18.6. The fourth-order valence-corrected chi connectivity index (χ4v) is 0. The fraction of sp³-hybridized carbons (Fsp3) is 1.00. The first-order valence-corrected chi connectivity index (χ1v) is 1.77. The summed E-state index contributed by atoms with van der Waals surface area (Å²) < 4.78 is 0. The first-order valence-electron chi connectivity index (χ1n) is 1.33. The Hall–Kier alpha value is 0.275. The average molecular weight is 111 g/mol. The van der Waals surface area contributed by atoms with Crippen LogP contribution in [0.15, 0.2) is 0 Å². The van der Waals surface area contributed by atoms with Gasteiger partial charge in [0, 0.05) is 0 Å². The van der Waals surface area contributed by atoms with Gasteiger partial charge in [0.2, 0.25) is 6.69 Å². The first kappa shape index (κ1) is 16.3. The lowest BCUT2D eigenvalue weighted by Crippen LogP contribution is -1.61. The number of halogens is 1. The zero-order valence-corrected chi connectivity index (χ0v) is 4.42. The Morgan fingerprint density at radius 3 is 1.67 bits per heavy atom. The van der Waals surface area contributed by atoms with Gasteiger partial charge in [0.1, 0.15) is 0 Å². The molecule has 0 fully saturated rings. The van der Waals surface area contributed by atoms with Gasteiger partial charge in [-0.05, 0) is 0 Å². The van der Waals surface area contributed by atoms with Crippen molar-refractivity contribution in [1.82, 2.24) is 0 Å². The van der Waals surface area contributed by atoms with E-state index in [2.05, 4.69) is 0 Å². The van der Waals surface area contributed by atoms with Crippen LogP contribution in [0.3, 0.4) is 0 Å². The van der Waals surface area contributed by atoms with E-state index in [1.807, 2.05) is 6.92 Å². The van der Waals surface area contributed by atoms with Crippen LogP contribution in [-0.4, -0.2) is 17.6 Å². The van der Waals surface area contributed by atoms with Crippen LogP contribution in [0.25, 0.3) is 0 Å². The standard InChI is InChI=1S/C2H5BCl.2H2O/c1-2-3-4;;/h2H2,1H3;2*1H2. The molecule has 0 rings (SSSR count). The molecule has 0 heterocycles. The van der Waals surface area contributed by atoms with Gasteiger partial charge in [0.15, 0.2) is 0 Å². The molecule has 2 nitrogen and oxygen atoms in total. The van der Waals surface area contributed by atoms with Gasteiger partial charge in [-0.3, -0.25) is 0 Å². The molecule has 0 saturated heterocycles. The van der Waals surface area contributed by atoms with E-state index in [1.165, 1.54) is 0 Å². The zero-order valence-electron chi connectivity index (χ0n) is 3.66. The van der Waals surface area contributed by atoms with Crippen LogP contribution in [0.4, 0.5) is 0 Å². The van der Waals surface area contributed by atoms with Crippen molar-refractivity contribution in [3.8, 4) is 0 Å². The van der Waals surface area contributed by atoms with Crippen LogP contribution in [0.2, 0.25) is 6.32 Å². The predicted molar refractivity (Wildman–Crippen MR) is 29.3 cm³/mol. The Morgan fingerprint density at radius 1 is 1.50 bits per heavy atom. The van der Waals surface area contributed by atoms with E-state index in [9.17, 15) is 0 Å². The minimum Gasteiger partial charge on any atom is -0.412 e. The summed E-state index contributed by atoms with van der Waals surface area (Å²) in [6.07, 6.45) is 0.960. The molecule has 0 aliphatic heterocycles. The van der Waals surface area contributed by atoms with Crippen molar-refractivity contribution in [2.45, 2.75) is 13.2 Å². The molecule has 39 valence electrons. The highest BCUT2D eigenvalue weighted by Gasteiger charge is 1.65. The summed E-state index contributed by atoms with van der Waals surface area (Å²) in [5.74, 6) is 0. The van der Waals surface area contributed by atoms with Crippen molar-refractivity contribution in [2.75, 3.05) is 0 Å². The van der Waals surface area contributed by atoms with Crippen LogP contribution >= 0.6 is 11.5 Å². The third-order valence-corrected chi connectivity index (χ3v) is 0.463. The highest BCUT2D eigenvalue weighted by atomic mass is 35.5. The second-order valence-electron chi connectivity index (χ2n) is 0.563. The molecule has 0 aromatic rings. The van der Waals surface area contributed by atoms with Crippen molar-refractivity contribution in [1.29, 1.82) is 0 Å². The molecule has 0 unspecified atom stereocenters. The molecule has 4 heteroatoms. The van der Waals surface area contributed by atoms with Gasteiger partial charge in [-0.25, -0.2) is 11.5 Å². The minimum atomic E-state index is 0. The van der Waals surface area contributed by atoms with E-state index in [0.717, 1.165) is 6.32 Å². The van der Waals surface area contributed by atoms with Crippen LogP contribution < -0.4 is 0 Å². The van der Waals surface area contributed by atoms with Crippen molar-refractivity contribution in [3.63, 3.8) is 0 Å². The molecule has 0 saturated carbocycles. The molecule has 0 aromatic carbocycles. The lowest BCUT2D eigenvalue weighted by molar-refractivity contribution is 0.823. The van der Waals surface area contributed by atoms with Crippen LogP contribution in [0.1, 0.15) is 6.92 Å². The fourth-order valence-electron chi connectivity index (χ4n) is 0. The maximum absolute atomic E-state index is 5.06. The number of hydrogen-bond acceptors (Lipinski definition) is 0. The molecule has 0 aromatic heterocycles. The summed E-state index contributed by atoms with van der Waals surface area (Å²) in [5.41, 5.74) is 0. The van der Waals surface area contributed by atoms with Crippen molar-refractivity contribution < 1.29 is 11.0 Å². The molecule has 0 bridgehead atoms. The molecule has 0 aliphatic rings. The molecule has 0 aliphatic carbocycles. The van der Waals surface area contributed by atoms with Crippen molar-refractivity contribution in [3.05, 3.63) is 0 Å². The summed E-state index contributed by atoms with van der Waals surface area (Å²) in [6, 6.07) is 0. The second-order valence-corrected chi connectivity index (χ2v) is 0.871. The molecule has 6 heavy (non-hydrogen) atoms. The summed E-state index contributed by atoms with van der Waals surface area (Å²) in [4.78, 5) is 0. The van der Waals surface area contributed by atoms with Gasteiger partial charge in [-0.1, -0.05) is 13.2 Å². The molecule has 0 amide bonds. The Morgan fingerprint density at radius 2 is 1.67 bits per heavy atom. The SMILES string of the molecule is CC[B]Cl.O.O. The topological polar surface area (TPSA) is 63.0 Å². The van der Waals surface area contributed by atoms with E-state index in [0.29, 0.717) is 0 Å². The highest BCUT2D eigenvalue weighted by Crippen LogP contribution is 1.73. The normalized spacial score (nSPS) is 4.33. The smallest absolute Gasteiger partial charge is 0.238 e. The largest absolute Gasteiger partial charge is 0.412 e. The molecular weight excluding hydrogens is 102 g/mol. The van der Waals surface area contributed by atoms with Gasteiger partial charge in [0.25, 0.3) is 0 Å². The van der Waals surface area contributed by atoms with Gasteiger partial charge < -0.3 is 11.0 Å². The highest BCUT2D eigenvalue weighted by molar-refractivity contribution is 6.93. The zero-order chi connectivity index (χ0) is 3.41. The molecule has 4 N–H and O–H groups in total. The first-order chi connectivity index (χ1) is 1.91.